The predicted octanol–water partition coefficient (Wildman–Crippen LogP) is 3.78. The van der Waals surface area contributed by atoms with E-state index in [1.807, 2.05) is 25.1 Å². The molecular formula is C18H17N3O3S. The Morgan fingerprint density at radius 3 is 2.68 bits per heavy atom. The van der Waals surface area contributed by atoms with Crippen molar-refractivity contribution in [3.05, 3.63) is 53.2 Å². The second kappa shape index (κ2) is 7.31. The smallest absolute Gasteiger partial charge is 0.267 e. The van der Waals surface area contributed by atoms with Gasteiger partial charge in [0.1, 0.15) is 21.4 Å². The molecule has 25 heavy (non-hydrogen) atoms. The van der Waals surface area contributed by atoms with Crippen LogP contribution >= 0.6 is 11.3 Å². The first-order valence-electron chi connectivity index (χ1n) is 7.54. The quantitative estimate of drug-likeness (QED) is 0.754. The fourth-order valence-corrected chi connectivity index (χ4v) is 3.23. The minimum atomic E-state index is -0.236. The summed E-state index contributed by atoms with van der Waals surface area (Å²) < 4.78 is 10.5. The van der Waals surface area contributed by atoms with Gasteiger partial charge in [-0.05, 0) is 31.2 Å². The monoisotopic (exact) mass is 355 g/mol. The maximum atomic E-state index is 12.7. The van der Waals surface area contributed by atoms with Crippen LogP contribution in [0.4, 0.5) is 5.69 Å². The van der Waals surface area contributed by atoms with E-state index in [0.29, 0.717) is 32.8 Å². The molecule has 0 unspecified atom stereocenters. The third-order valence-corrected chi connectivity index (χ3v) is 4.72. The molecule has 3 aromatic rings. The first kappa shape index (κ1) is 16.9. The van der Waals surface area contributed by atoms with Crippen LogP contribution in [-0.2, 0) is 0 Å². The Kier molecular flexibility index (Phi) is 4.95. The highest BCUT2D eigenvalue weighted by Crippen LogP contribution is 2.31. The highest BCUT2D eigenvalue weighted by Gasteiger charge is 2.18. The van der Waals surface area contributed by atoms with E-state index in [1.54, 1.807) is 38.6 Å². The first-order valence-corrected chi connectivity index (χ1v) is 8.36. The number of aromatic nitrogens is 2. The highest BCUT2D eigenvalue weighted by molar-refractivity contribution is 7.17. The Morgan fingerprint density at radius 1 is 1.16 bits per heavy atom. The maximum absolute atomic E-state index is 12.7. The largest absolute Gasteiger partial charge is 0.497 e. The Hall–Kier alpha value is -2.93. The molecule has 2 aromatic heterocycles. The summed E-state index contributed by atoms with van der Waals surface area (Å²) in [6, 6.07) is 10.8. The summed E-state index contributed by atoms with van der Waals surface area (Å²) >= 11 is 1.31. The number of aryl methyl sites for hydroxylation is 1. The van der Waals surface area contributed by atoms with Crippen molar-refractivity contribution in [3.8, 4) is 22.2 Å². The van der Waals surface area contributed by atoms with E-state index < -0.39 is 0 Å². The number of nitrogens with one attached hydrogen (secondary N) is 1. The summed E-state index contributed by atoms with van der Waals surface area (Å²) in [7, 11) is 3.12. The molecule has 0 aliphatic rings. The Labute approximate surface area is 149 Å². The molecule has 0 radical (unpaired) electrons. The van der Waals surface area contributed by atoms with Gasteiger partial charge >= 0.3 is 0 Å². The number of anilines is 1. The number of hydrogen-bond acceptors (Lipinski definition) is 6. The SMILES string of the molecule is COc1ccc(NC(=O)c2sc(-c3ccccn3)nc2C)c(OC)c1. The normalized spacial score (nSPS) is 10.4. The lowest BCUT2D eigenvalue weighted by atomic mass is 10.2. The van der Waals surface area contributed by atoms with Gasteiger partial charge < -0.3 is 14.8 Å². The molecule has 1 N–H and O–H groups in total. The van der Waals surface area contributed by atoms with Crippen molar-refractivity contribution in [1.29, 1.82) is 0 Å². The molecule has 0 atom stereocenters. The lowest BCUT2D eigenvalue weighted by Gasteiger charge is -2.11. The number of pyridine rings is 1. The topological polar surface area (TPSA) is 73.3 Å². The Balaban J connectivity index is 1.86. The van der Waals surface area contributed by atoms with E-state index >= 15 is 0 Å². The molecule has 1 amide bonds. The van der Waals surface area contributed by atoms with Crippen molar-refractivity contribution < 1.29 is 14.3 Å². The maximum Gasteiger partial charge on any atom is 0.267 e. The second-order valence-electron chi connectivity index (χ2n) is 5.17. The molecule has 0 saturated heterocycles. The van der Waals surface area contributed by atoms with Crippen molar-refractivity contribution in [3.63, 3.8) is 0 Å². The standard InChI is InChI=1S/C18H17N3O3S/c1-11-16(25-18(20-11)14-6-4-5-9-19-14)17(22)21-13-8-7-12(23-2)10-15(13)24-3/h4-10H,1-3H3,(H,21,22). The summed E-state index contributed by atoms with van der Waals surface area (Å²) in [5, 5.41) is 3.58. The number of benzene rings is 1. The number of carbonyl (C=O) groups excluding carboxylic acids is 1. The number of amides is 1. The van der Waals surface area contributed by atoms with Crippen molar-refractivity contribution in [2.45, 2.75) is 6.92 Å². The molecule has 6 nitrogen and oxygen atoms in total. The van der Waals surface area contributed by atoms with Crippen LogP contribution in [0, 0.1) is 6.92 Å². The van der Waals surface area contributed by atoms with E-state index in [4.69, 9.17) is 9.47 Å². The summed E-state index contributed by atoms with van der Waals surface area (Å²) in [5.74, 6) is 0.946. The number of carbonyl (C=O) groups is 1. The molecule has 0 saturated carbocycles. The molecule has 7 heteroatoms. The summed E-state index contributed by atoms with van der Waals surface area (Å²) in [6.07, 6.45) is 1.70. The minimum Gasteiger partial charge on any atom is -0.497 e. The van der Waals surface area contributed by atoms with Gasteiger partial charge in [-0.15, -0.1) is 11.3 Å². The highest BCUT2D eigenvalue weighted by atomic mass is 32.1. The van der Waals surface area contributed by atoms with Gasteiger partial charge in [0.05, 0.1) is 31.3 Å². The molecule has 3 rings (SSSR count). The molecular weight excluding hydrogens is 338 g/mol. The summed E-state index contributed by atoms with van der Waals surface area (Å²) in [6.45, 7) is 1.81. The van der Waals surface area contributed by atoms with E-state index in [0.717, 1.165) is 5.69 Å². The Morgan fingerprint density at radius 2 is 2.00 bits per heavy atom. The second-order valence-corrected chi connectivity index (χ2v) is 6.17. The van der Waals surface area contributed by atoms with Crippen molar-refractivity contribution >= 4 is 22.9 Å². The third kappa shape index (κ3) is 3.61. The van der Waals surface area contributed by atoms with Crippen LogP contribution in [0.15, 0.2) is 42.6 Å². The molecule has 1 aromatic carbocycles. The van der Waals surface area contributed by atoms with Gasteiger partial charge in [0.2, 0.25) is 0 Å². The van der Waals surface area contributed by atoms with E-state index in [1.165, 1.54) is 11.3 Å². The average molecular weight is 355 g/mol. The van der Waals surface area contributed by atoms with Gasteiger partial charge in [-0.1, -0.05) is 6.07 Å². The lowest BCUT2D eigenvalue weighted by Crippen LogP contribution is -2.12. The zero-order valence-corrected chi connectivity index (χ0v) is 14.9. The van der Waals surface area contributed by atoms with Gasteiger partial charge in [0, 0.05) is 12.3 Å². The third-order valence-electron chi connectivity index (χ3n) is 3.54. The average Bonchev–Trinajstić information content (AvgIpc) is 3.04. The summed E-state index contributed by atoms with van der Waals surface area (Å²) in [4.78, 5) is 21.9. The van der Waals surface area contributed by atoms with Gasteiger partial charge in [-0.25, -0.2) is 4.98 Å². The summed E-state index contributed by atoms with van der Waals surface area (Å²) in [5.41, 5.74) is 1.98. The fourth-order valence-electron chi connectivity index (χ4n) is 2.29. The van der Waals surface area contributed by atoms with Gasteiger partial charge in [0.15, 0.2) is 0 Å². The van der Waals surface area contributed by atoms with E-state index in [9.17, 15) is 4.79 Å². The lowest BCUT2D eigenvalue weighted by molar-refractivity contribution is 0.102. The predicted molar refractivity (Wildman–Crippen MR) is 97.6 cm³/mol. The van der Waals surface area contributed by atoms with Crippen LogP contribution in [0.1, 0.15) is 15.4 Å². The number of ether oxygens (including phenoxy) is 2. The van der Waals surface area contributed by atoms with Crippen LogP contribution in [0.3, 0.4) is 0 Å². The fraction of sp³-hybridized carbons (Fsp3) is 0.167. The Bertz CT molecular complexity index is 894. The van der Waals surface area contributed by atoms with Crippen LogP contribution in [-0.4, -0.2) is 30.1 Å². The van der Waals surface area contributed by atoms with Crippen LogP contribution in [0.5, 0.6) is 11.5 Å². The molecule has 0 spiro atoms. The molecule has 0 bridgehead atoms. The van der Waals surface area contributed by atoms with Crippen molar-refractivity contribution in [2.75, 3.05) is 19.5 Å². The van der Waals surface area contributed by atoms with E-state index in [-0.39, 0.29) is 5.91 Å². The van der Waals surface area contributed by atoms with Gasteiger partial charge in [-0.2, -0.15) is 0 Å². The first-order chi connectivity index (χ1) is 12.1. The number of thiazole rings is 1. The zero-order valence-electron chi connectivity index (χ0n) is 14.1. The molecule has 0 fully saturated rings. The van der Waals surface area contributed by atoms with E-state index in [2.05, 4.69) is 15.3 Å². The molecule has 128 valence electrons. The van der Waals surface area contributed by atoms with Crippen molar-refractivity contribution in [2.24, 2.45) is 0 Å². The number of hydrogen-bond donors (Lipinski definition) is 1. The number of nitrogens with zero attached hydrogens (tertiary/aromatic N) is 2. The van der Waals surface area contributed by atoms with Crippen molar-refractivity contribution in [1.82, 2.24) is 9.97 Å². The number of methoxy groups -OCH3 is 2. The molecule has 0 aliphatic heterocycles. The minimum absolute atomic E-state index is 0.236. The number of rotatable bonds is 5. The van der Waals surface area contributed by atoms with Crippen LogP contribution < -0.4 is 14.8 Å². The van der Waals surface area contributed by atoms with Gasteiger partial charge in [0.25, 0.3) is 5.91 Å². The molecule has 2 heterocycles. The molecule has 0 aliphatic carbocycles. The van der Waals surface area contributed by atoms with Crippen LogP contribution in [0.25, 0.3) is 10.7 Å². The van der Waals surface area contributed by atoms with Crippen LogP contribution in [0.2, 0.25) is 0 Å². The van der Waals surface area contributed by atoms with Gasteiger partial charge in [-0.3, -0.25) is 9.78 Å². The zero-order chi connectivity index (χ0) is 17.8.